The summed E-state index contributed by atoms with van der Waals surface area (Å²) in [6.07, 6.45) is 4.13. The number of pyridine rings is 1. The number of aromatic nitrogens is 1. The fourth-order valence-corrected chi connectivity index (χ4v) is 2.79. The molecule has 1 aliphatic rings. The molecule has 1 aromatic heterocycles. The largest absolute Gasteiger partial charge is 0.420 e. The summed E-state index contributed by atoms with van der Waals surface area (Å²) in [5, 5.41) is 0. The second-order valence-corrected chi connectivity index (χ2v) is 5.98. The number of nitrogens with zero attached hydrogens (tertiary/aromatic N) is 2. The van der Waals surface area contributed by atoms with Crippen LogP contribution in [-0.4, -0.2) is 23.4 Å². The third-order valence-electron chi connectivity index (χ3n) is 3.67. The molecule has 0 bridgehead atoms. The van der Waals surface area contributed by atoms with E-state index in [4.69, 9.17) is 4.74 Å². The number of benzene rings is 1. The number of halogens is 1. The third kappa shape index (κ3) is 3.59. The molecule has 5 nitrogen and oxygen atoms in total. The van der Waals surface area contributed by atoms with E-state index in [1.165, 1.54) is 0 Å². The van der Waals surface area contributed by atoms with Gasteiger partial charge in [0.05, 0.1) is 5.56 Å². The number of piperidine rings is 1. The van der Waals surface area contributed by atoms with Crippen LogP contribution in [0.15, 0.2) is 47.2 Å². The van der Waals surface area contributed by atoms with E-state index in [-0.39, 0.29) is 5.91 Å². The molecule has 1 fully saturated rings. The second kappa shape index (κ2) is 6.91. The van der Waals surface area contributed by atoms with E-state index in [1.54, 1.807) is 47.5 Å². The Hall–Kier alpha value is -2.21. The summed E-state index contributed by atoms with van der Waals surface area (Å²) >= 11 is 3.24. The maximum absolute atomic E-state index is 12.2. The topological polar surface area (TPSA) is 59.5 Å². The minimum absolute atomic E-state index is 0.130. The van der Waals surface area contributed by atoms with E-state index >= 15 is 0 Å². The van der Waals surface area contributed by atoms with Crippen molar-refractivity contribution < 1.29 is 14.3 Å². The van der Waals surface area contributed by atoms with E-state index in [2.05, 4.69) is 20.9 Å². The Morgan fingerprint density at radius 1 is 1.17 bits per heavy atom. The number of carbonyl (C=O) groups is 2. The smallest absolute Gasteiger partial charge is 0.343 e. The fourth-order valence-electron chi connectivity index (χ4n) is 2.46. The number of rotatable bonds is 3. The summed E-state index contributed by atoms with van der Waals surface area (Å²) in [4.78, 5) is 29.8. The number of esters is 1. The lowest BCUT2D eigenvalue weighted by atomic mass is 10.1. The molecule has 0 unspecified atom stereocenters. The zero-order chi connectivity index (χ0) is 16.2. The Bertz CT molecular complexity index is 731. The van der Waals surface area contributed by atoms with Crippen molar-refractivity contribution in [3.8, 4) is 5.75 Å². The van der Waals surface area contributed by atoms with Gasteiger partial charge in [0.2, 0.25) is 5.91 Å². The molecule has 23 heavy (non-hydrogen) atoms. The average Bonchev–Trinajstić information content (AvgIpc) is 2.57. The van der Waals surface area contributed by atoms with Gasteiger partial charge in [-0.25, -0.2) is 9.78 Å². The number of hydrogen-bond donors (Lipinski definition) is 0. The van der Waals surface area contributed by atoms with Gasteiger partial charge in [0.25, 0.3) is 0 Å². The Morgan fingerprint density at radius 2 is 1.96 bits per heavy atom. The highest BCUT2D eigenvalue weighted by molar-refractivity contribution is 9.10. The van der Waals surface area contributed by atoms with Crippen LogP contribution in [0.25, 0.3) is 0 Å². The number of hydrogen-bond acceptors (Lipinski definition) is 4. The molecular weight excluding hydrogens is 360 g/mol. The molecule has 1 aliphatic heterocycles. The number of amides is 1. The average molecular weight is 375 g/mol. The third-order valence-corrected chi connectivity index (χ3v) is 4.26. The van der Waals surface area contributed by atoms with Crippen molar-refractivity contribution in [3.63, 3.8) is 0 Å². The summed E-state index contributed by atoms with van der Waals surface area (Å²) in [6, 6.07) is 10.2. The van der Waals surface area contributed by atoms with Crippen LogP contribution in [0, 0.1) is 0 Å². The fraction of sp³-hybridized carbons (Fsp3) is 0.235. The van der Waals surface area contributed by atoms with Gasteiger partial charge < -0.3 is 9.64 Å². The van der Waals surface area contributed by atoms with Gasteiger partial charge >= 0.3 is 5.97 Å². The quantitative estimate of drug-likeness (QED) is 0.608. The summed E-state index contributed by atoms with van der Waals surface area (Å²) in [5.74, 6) is 0.0360. The molecule has 6 heteroatoms. The number of ether oxygens (including phenoxy) is 1. The van der Waals surface area contributed by atoms with Crippen LogP contribution in [-0.2, 0) is 4.79 Å². The Morgan fingerprint density at radius 3 is 2.65 bits per heavy atom. The summed E-state index contributed by atoms with van der Waals surface area (Å²) in [7, 11) is 0. The minimum atomic E-state index is -0.463. The molecule has 0 saturated carbocycles. The molecule has 0 aliphatic carbocycles. The minimum Gasteiger partial charge on any atom is -0.420 e. The summed E-state index contributed by atoms with van der Waals surface area (Å²) < 4.78 is 5.78. The highest BCUT2D eigenvalue weighted by Crippen LogP contribution is 2.24. The predicted molar refractivity (Wildman–Crippen MR) is 89.5 cm³/mol. The molecule has 2 aromatic rings. The van der Waals surface area contributed by atoms with Crippen LogP contribution in [0.2, 0.25) is 0 Å². The van der Waals surface area contributed by atoms with Crippen molar-refractivity contribution in [1.29, 1.82) is 0 Å². The van der Waals surface area contributed by atoms with Crippen molar-refractivity contribution in [2.24, 2.45) is 0 Å². The molecular formula is C17H15BrN2O3. The van der Waals surface area contributed by atoms with Gasteiger partial charge in [-0.05, 0) is 65.2 Å². The normalized spacial score (nSPS) is 14.7. The summed E-state index contributed by atoms with van der Waals surface area (Å²) in [5.41, 5.74) is 1.24. The molecule has 3 rings (SSSR count). The van der Waals surface area contributed by atoms with Gasteiger partial charge in [0.1, 0.15) is 4.60 Å². The van der Waals surface area contributed by atoms with E-state index in [0.29, 0.717) is 22.3 Å². The lowest BCUT2D eigenvalue weighted by Crippen LogP contribution is -2.35. The molecule has 1 aromatic carbocycles. The van der Waals surface area contributed by atoms with Gasteiger partial charge in [0.15, 0.2) is 5.75 Å². The van der Waals surface area contributed by atoms with Crippen LogP contribution in [0.3, 0.4) is 0 Å². The molecule has 118 valence electrons. The first-order chi connectivity index (χ1) is 11.1. The van der Waals surface area contributed by atoms with Crippen LogP contribution >= 0.6 is 15.9 Å². The zero-order valence-electron chi connectivity index (χ0n) is 12.4. The molecule has 0 radical (unpaired) electrons. The lowest BCUT2D eigenvalue weighted by Gasteiger charge is -2.26. The maximum Gasteiger partial charge on any atom is 0.343 e. The SMILES string of the molecule is O=C(Oc1cccnc1Br)c1ccc(N2CCCCC2=O)cc1. The summed E-state index contributed by atoms with van der Waals surface area (Å²) in [6.45, 7) is 0.727. The van der Waals surface area contributed by atoms with E-state index in [1.807, 2.05) is 0 Å². The highest BCUT2D eigenvalue weighted by Gasteiger charge is 2.20. The first kappa shape index (κ1) is 15.7. The van der Waals surface area contributed by atoms with Crippen molar-refractivity contribution >= 4 is 33.5 Å². The van der Waals surface area contributed by atoms with Crippen molar-refractivity contribution in [3.05, 3.63) is 52.8 Å². The molecule has 0 spiro atoms. The number of anilines is 1. The molecule has 0 atom stereocenters. The van der Waals surface area contributed by atoms with Crippen LogP contribution in [0.5, 0.6) is 5.75 Å². The van der Waals surface area contributed by atoms with Crippen LogP contribution < -0.4 is 9.64 Å². The first-order valence-corrected chi connectivity index (χ1v) is 8.17. The van der Waals surface area contributed by atoms with Gasteiger partial charge in [-0.2, -0.15) is 0 Å². The van der Waals surface area contributed by atoms with Crippen molar-refractivity contribution in [2.45, 2.75) is 19.3 Å². The van der Waals surface area contributed by atoms with Crippen molar-refractivity contribution in [2.75, 3.05) is 11.4 Å². The van der Waals surface area contributed by atoms with E-state index < -0.39 is 5.97 Å². The second-order valence-electron chi connectivity index (χ2n) is 5.23. The van der Waals surface area contributed by atoms with E-state index in [9.17, 15) is 9.59 Å². The standard InChI is InChI=1S/C17H15BrN2O3/c18-16-14(4-3-10-19-16)23-17(22)12-6-8-13(9-7-12)20-11-2-1-5-15(20)21/h3-4,6-10H,1-2,5,11H2. The van der Waals surface area contributed by atoms with Crippen molar-refractivity contribution in [1.82, 2.24) is 4.98 Å². The van der Waals surface area contributed by atoms with Crippen LogP contribution in [0.1, 0.15) is 29.6 Å². The van der Waals surface area contributed by atoms with Gasteiger partial charge in [0, 0.05) is 24.8 Å². The Kier molecular flexibility index (Phi) is 4.71. The zero-order valence-corrected chi connectivity index (χ0v) is 14.0. The van der Waals surface area contributed by atoms with Crippen LogP contribution in [0.4, 0.5) is 5.69 Å². The lowest BCUT2D eigenvalue weighted by molar-refractivity contribution is -0.119. The Labute approximate surface area is 142 Å². The molecule has 2 heterocycles. The molecule has 1 amide bonds. The van der Waals surface area contributed by atoms with Gasteiger partial charge in [-0.1, -0.05) is 0 Å². The van der Waals surface area contributed by atoms with Gasteiger partial charge in [-0.3, -0.25) is 4.79 Å². The monoisotopic (exact) mass is 374 g/mol. The van der Waals surface area contributed by atoms with E-state index in [0.717, 1.165) is 25.1 Å². The maximum atomic E-state index is 12.2. The molecule has 1 saturated heterocycles. The predicted octanol–water partition coefficient (Wildman–Crippen LogP) is 3.58. The highest BCUT2D eigenvalue weighted by atomic mass is 79.9. The molecule has 0 N–H and O–H groups in total. The first-order valence-electron chi connectivity index (χ1n) is 7.38. The van der Waals surface area contributed by atoms with Gasteiger partial charge in [-0.15, -0.1) is 0 Å². The Balaban J connectivity index is 1.73. The number of carbonyl (C=O) groups excluding carboxylic acids is 2.